The zero-order chi connectivity index (χ0) is 17.4. The molecular formula is C17H21N3O5. The molecule has 0 saturated carbocycles. The summed E-state index contributed by atoms with van der Waals surface area (Å²) in [6, 6.07) is 1.77. The Hall–Kier alpha value is -2.19. The van der Waals surface area contributed by atoms with E-state index in [-0.39, 0.29) is 30.7 Å². The molecule has 8 heteroatoms. The Morgan fingerprint density at radius 3 is 2.76 bits per heavy atom. The molecular weight excluding hydrogens is 326 g/mol. The fourth-order valence-corrected chi connectivity index (χ4v) is 3.80. The van der Waals surface area contributed by atoms with Gasteiger partial charge in [0.2, 0.25) is 11.8 Å². The number of nitrogens with one attached hydrogen (secondary N) is 1. The number of carbonyl (C=O) groups is 3. The van der Waals surface area contributed by atoms with Crippen LogP contribution < -0.4 is 5.32 Å². The number of hydrogen-bond donors (Lipinski definition) is 1. The van der Waals surface area contributed by atoms with Crippen molar-refractivity contribution in [2.75, 3.05) is 39.4 Å². The minimum absolute atomic E-state index is 0.152. The van der Waals surface area contributed by atoms with Crippen LogP contribution in [0.1, 0.15) is 29.0 Å². The molecule has 3 aliphatic rings. The van der Waals surface area contributed by atoms with Gasteiger partial charge in [-0.1, -0.05) is 0 Å². The molecule has 25 heavy (non-hydrogen) atoms. The lowest BCUT2D eigenvalue weighted by molar-refractivity contribution is -0.128. The van der Waals surface area contributed by atoms with Gasteiger partial charge >= 0.3 is 0 Å². The summed E-state index contributed by atoms with van der Waals surface area (Å²) >= 11 is 0. The summed E-state index contributed by atoms with van der Waals surface area (Å²) in [5.74, 6) is 0.0809. The molecule has 1 aromatic rings. The predicted octanol–water partition coefficient (Wildman–Crippen LogP) is -0.00940. The summed E-state index contributed by atoms with van der Waals surface area (Å²) in [5.41, 5.74) is -0.252. The number of hydrogen-bond acceptors (Lipinski definition) is 6. The van der Waals surface area contributed by atoms with Crippen LogP contribution in [0.5, 0.6) is 0 Å². The SMILES string of the molecule is O=C1C[C@@]2(CCN(C(=O)c3coc(CN4CCOCC4)c3)C2)C(=O)N1. The van der Waals surface area contributed by atoms with Crippen molar-refractivity contribution < 1.29 is 23.5 Å². The Balaban J connectivity index is 1.40. The van der Waals surface area contributed by atoms with E-state index in [0.717, 1.165) is 18.8 Å². The highest BCUT2D eigenvalue weighted by atomic mass is 16.5. The first-order chi connectivity index (χ1) is 12.1. The third kappa shape index (κ3) is 3.07. The van der Waals surface area contributed by atoms with Crippen molar-refractivity contribution in [1.82, 2.24) is 15.1 Å². The second-order valence-corrected chi connectivity index (χ2v) is 7.00. The number of amides is 3. The molecule has 0 radical (unpaired) electrons. The number of nitrogens with zero attached hydrogens (tertiary/aromatic N) is 2. The molecule has 4 heterocycles. The third-order valence-corrected chi connectivity index (χ3v) is 5.26. The van der Waals surface area contributed by atoms with Crippen molar-refractivity contribution in [1.29, 1.82) is 0 Å². The summed E-state index contributed by atoms with van der Waals surface area (Å²) in [7, 11) is 0. The topological polar surface area (TPSA) is 92.1 Å². The summed E-state index contributed by atoms with van der Waals surface area (Å²) in [6.45, 7) is 4.53. The van der Waals surface area contributed by atoms with E-state index in [1.165, 1.54) is 6.26 Å². The fourth-order valence-electron chi connectivity index (χ4n) is 3.80. The lowest BCUT2D eigenvalue weighted by Gasteiger charge is -2.25. The molecule has 3 saturated heterocycles. The van der Waals surface area contributed by atoms with Gasteiger partial charge in [-0.2, -0.15) is 0 Å². The van der Waals surface area contributed by atoms with Gasteiger partial charge in [0.25, 0.3) is 5.91 Å². The summed E-state index contributed by atoms with van der Waals surface area (Å²) in [4.78, 5) is 40.1. The van der Waals surface area contributed by atoms with E-state index in [9.17, 15) is 14.4 Å². The molecule has 0 aliphatic carbocycles. The molecule has 3 fully saturated rings. The Morgan fingerprint density at radius 1 is 1.24 bits per heavy atom. The van der Waals surface area contributed by atoms with Crippen LogP contribution in [0.4, 0.5) is 0 Å². The average Bonchev–Trinajstić information content (AvgIpc) is 3.29. The standard InChI is InChI=1S/C17H21N3O5/c21-14-8-17(16(23)18-14)1-2-20(11-17)15(22)12-7-13(25-10-12)9-19-3-5-24-6-4-19/h7,10H,1-6,8-9,11H2,(H,18,21,23)/t17-/m1/s1. The number of morpholine rings is 1. The minimum atomic E-state index is -0.743. The van der Waals surface area contributed by atoms with Gasteiger partial charge in [-0.25, -0.2) is 0 Å². The Kier molecular flexibility index (Phi) is 4.09. The molecule has 1 atom stereocenters. The Labute approximate surface area is 145 Å². The van der Waals surface area contributed by atoms with Crippen LogP contribution in [0.3, 0.4) is 0 Å². The largest absolute Gasteiger partial charge is 0.467 e. The molecule has 1 aromatic heterocycles. The first-order valence-electron chi connectivity index (χ1n) is 8.57. The van der Waals surface area contributed by atoms with Crippen molar-refractivity contribution in [2.24, 2.45) is 5.41 Å². The Bertz CT molecular complexity index is 709. The lowest BCUT2D eigenvalue weighted by Crippen LogP contribution is -2.36. The summed E-state index contributed by atoms with van der Waals surface area (Å²) in [5, 5.41) is 2.35. The van der Waals surface area contributed by atoms with Crippen LogP contribution >= 0.6 is 0 Å². The van der Waals surface area contributed by atoms with E-state index in [2.05, 4.69) is 10.2 Å². The second kappa shape index (κ2) is 6.27. The van der Waals surface area contributed by atoms with Crippen molar-refractivity contribution >= 4 is 17.7 Å². The van der Waals surface area contributed by atoms with E-state index in [0.29, 0.717) is 38.3 Å². The minimum Gasteiger partial charge on any atom is -0.467 e. The van der Waals surface area contributed by atoms with E-state index >= 15 is 0 Å². The number of imide groups is 1. The second-order valence-electron chi connectivity index (χ2n) is 7.00. The molecule has 1 spiro atoms. The van der Waals surface area contributed by atoms with E-state index in [1.807, 2.05) is 0 Å². The fraction of sp³-hybridized carbons (Fsp3) is 0.588. The van der Waals surface area contributed by atoms with E-state index < -0.39 is 5.41 Å². The number of ether oxygens (including phenoxy) is 1. The van der Waals surface area contributed by atoms with Gasteiger partial charge < -0.3 is 14.1 Å². The summed E-state index contributed by atoms with van der Waals surface area (Å²) < 4.78 is 10.9. The Morgan fingerprint density at radius 2 is 2.04 bits per heavy atom. The van der Waals surface area contributed by atoms with Gasteiger partial charge in [0.1, 0.15) is 12.0 Å². The first kappa shape index (κ1) is 16.3. The average molecular weight is 347 g/mol. The van der Waals surface area contributed by atoms with Gasteiger partial charge in [-0.15, -0.1) is 0 Å². The monoisotopic (exact) mass is 347 g/mol. The molecule has 134 valence electrons. The van der Waals surface area contributed by atoms with Gasteiger partial charge in [0.05, 0.1) is 30.7 Å². The molecule has 8 nitrogen and oxygen atoms in total. The lowest BCUT2D eigenvalue weighted by atomic mass is 9.85. The predicted molar refractivity (Wildman–Crippen MR) is 85.5 cm³/mol. The van der Waals surface area contributed by atoms with Gasteiger partial charge in [0, 0.05) is 32.6 Å². The number of rotatable bonds is 3. The van der Waals surface area contributed by atoms with Crippen molar-refractivity contribution in [3.05, 3.63) is 23.7 Å². The molecule has 1 N–H and O–H groups in total. The molecule has 3 aliphatic heterocycles. The zero-order valence-corrected chi connectivity index (χ0v) is 14.0. The summed E-state index contributed by atoms with van der Waals surface area (Å²) in [6.07, 6.45) is 2.17. The maximum atomic E-state index is 12.7. The van der Waals surface area contributed by atoms with Crippen LogP contribution in [0.15, 0.2) is 16.7 Å². The van der Waals surface area contributed by atoms with Gasteiger partial charge in [-0.05, 0) is 12.5 Å². The van der Waals surface area contributed by atoms with Gasteiger partial charge in [0.15, 0.2) is 0 Å². The highest BCUT2D eigenvalue weighted by Crippen LogP contribution is 2.38. The number of furan rings is 1. The zero-order valence-electron chi connectivity index (χ0n) is 14.0. The van der Waals surface area contributed by atoms with Crippen LogP contribution in [-0.2, 0) is 20.9 Å². The highest BCUT2D eigenvalue weighted by molar-refractivity contribution is 6.06. The quantitative estimate of drug-likeness (QED) is 0.774. The van der Waals surface area contributed by atoms with E-state index in [4.69, 9.17) is 9.15 Å². The van der Waals surface area contributed by atoms with E-state index in [1.54, 1.807) is 11.0 Å². The highest BCUT2D eigenvalue weighted by Gasteiger charge is 2.51. The van der Waals surface area contributed by atoms with Crippen LogP contribution in [-0.4, -0.2) is 66.9 Å². The maximum absolute atomic E-state index is 12.7. The van der Waals surface area contributed by atoms with Crippen molar-refractivity contribution in [2.45, 2.75) is 19.4 Å². The molecule has 0 unspecified atom stereocenters. The number of likely N-dealkylation sites (tertiary alicyclic amines) is 1. The molecule has 0 bridgehead atoms. The first-order valence-corrected chi connectivity index (χ1v) is 8.57. The molecule has 0 aromatic carbocycles. The van der Waals surface area contributed by atoms with Crippen molar-refractivity contribution in [3.63, 3.8) is 0 Å². The van der Waals surface area contributed by atoms with Crippen LogP contribution in [0.25, 0.3) is 0 Å². The van der Waals surface area contributed by atoms with Gasteiger partial charge in [-0.3, -0.25) is 24.6 Å². The maximum Gasteiger partial charge on any atom is 0.257 e. The third-order valence-electron chi connectivity index (χ3n) is 5.26. The van der Waals surface area contributed by atoms with Crippen molar-refractivity contribution in [3.8, 4) is 0 Å². The number of carbonyl (C=O) groups excluding carboxylic acids is 3. The van der Waals surface area contributed by atoms with Crippen LogP contribution in [0, 0.1) is 5.41 Å². The normalized spacial score (nSPS) is 27.3. The van der Waals surface area contributed by atoms with Crippen LogP contribution in [0.2, 0.25) is 0 Å². The molecule has 3 amide bonds. The smallest absolute Gasteiger partial charge is 0.257 e. The molecule has 4 rings (SSSR count).